The molecule has 1 heterocycles. The molecule has 1 aromatic carbocycles. The maximum absolute atomic E-state index is 11.5. The van der Waals surface area contributed by atoms with Crippen molar-refractivity contribution < 1.29 is 9.53 Å². The zero-order valence-corrected chi connectivity index (χ0v) is 13.4. The van der Waals surface area contributed by atoms with E-state index in [-0.39, 0.29) is 12.4 Å². The number of rotatable bonds is 3. The zero-order valence-electron chi connectivity index (χ0n) is 11.3. The number of esters is 1. The highest BCUT2D eigenvalue weighted by molar-refractivity contribution is 14.1. The van der Waals surface area contributed by atoms with E-state index in [1.54, 1.807) is 0 Å². The van der Waals surface area contributed by atoms with E-state index in [4.69, 9.17) is 4.74 Å². The van der Waals surface area contributed by atoms with Gasteiger partial charge in [-0.25, -0.2) is 0 Å². The van der Waals surface area contributed by atoms with Crippen LogP contribution in [0.25, 0.3) is 10.9 Å². The average Bonchev–Trinajstić information content (AvgIpc) is 2.42. The molecule has 1 aromatic heterocycles. The Hall–Kier alpha value is -1.11. The van der Waals surface area contributed by atoms with Crippen LogP contribution in [0, 0.1) is 10.5 Å². The number of nitrogens with zero attached hydrogens (tertiary/aromatic N) is 1. The molecule has 0 aliphatic heterocycles. The molecular formula is C14H15BINO2. The van der Waals surface area contributed by atoms with Crippen molar-refractivity contribution in [3.63, 3.8) is 0 Å². The van der Waals surface area contributed by atoms with E-state index in [0.29, 0.717) is 0 Å². The summed E-state index contributed by atoms with van der Waals surface area (Å²) >= 11 is 2.29. The molecule has 0 aliphatic rings. The number of hydrogen-bond donors (Lipinski definition) is 0. The summed E-state index contributed by atoms with van der Waals surface area (Å²) in [6, 6.07) is 6.32. The first-order chi connectivity index (χ1) is 9.06. The third-order valence-corrected chi connectivity index (χ3v) is 4.48. The number of carbonyl (C=O) groups is 1. The van der Waals surface area contributed by atoms with E-state index in [1.807, 2.05) is 6.92 Å². The van der Waals surface area contributed by atoms with Crippen molar-refractivity contribution in [1.29, 1.82) is 0 Å². The second-order valence-corrected chi connectivity index (χ2v) is 5.53. The van der Waals surface area contributed by atoms with Gasteiger partial charge in [-0.3, -0.25) is 9.78 Å². The molecule has 19 heavy (non-hydrogen) atoms. The fourth-order valence-corrected chi connectivity index (χ4v) is 3.10. The minimum atomic E-state index is -0.229. The first-order valence-electron chi connectivity index (χ1n) is 6.21. The fraction of sp³-hybridized carbons (Fsp3) is 0.286. The lowest BCUT2D eigenvalue weighted by atomic mass is 9.73. The molecule has 5 heteroatoms. The van der Waals surface area contributed by atoms with Crippen molar-refractivity contribution in [2.45, 2.75) is 20.2 Å². The Labute approximate surface area is 127 Å². The van der Waals surface area contributed by atoms with Crippen molar-refractivity contribution in [1.82, 2.24) is 4.98 Å². The van der Waals surface area contributed by atoms with Crippen LogP contribution in [-0.2, 0) is 16.0 Å². The summed E-state index contributed by atoms with van der Waals surface area (Å²) in [6.07, 6.45) is 0.277. The lowest BCUT2D eigenvalue weighted by Crippen LogP contribution is -2.12. The number of aromatic nitrogens is 1. The third kappa shape index (κ3) is 2.91. The molecule has 0 aliphatic carbocycles. The number of ether oxygens (including phenoxy) is 1. The van der Waals surface area contributed by atoms with Gasteiger partial charge in [0.1, 0.15) is 0 Å². The Balaban J connectivity index is 2.58. The van der Waals surface area contributed by atoms with E-state index in [2.05, 4.69) is 52.6 Å². The second kappa shape index (κ2) is 5.90. The van der Waals surface area contributed by atoms with Crippen molar-refractivity contribution >= 4 is 52.2 Å². The summed E-state index contributed by atoms with van der Waals surface area (Å²) in [4.78, 5) is 16.1. The molecule has 0 spiro atoms. The number of benzene rings is 1. The van der Waals surface area contributed by atoms with Gasteiger partial charge in [-0.1, -0.05) is 24.4 Å². The summed E-state index contributed by atoms with van der Waals surface area (Å²) in [6.45, 7) is 4.07. The Morgan fingerprint density at radius 3 is 2.84 bits per heavy atom. The molecule has 0 atom stereocenters. The normalized spacial score (nSPS) is 10.5. The highest BCUT2D eigenvalue weighted by atomic mass is 127. The minimum absolute atomic E-state index is 0.229. The summed E-state index contributed by atoms with van der Waals surface area (Å²) in [5, 5.41) is 1.10. The van der Waals surface area contributed by atoms with E-state index >= 15 is 0 Å². The summed E-state index contributed by atoms with van der Waals surface area (Å²) in [5.41, 5.74) is 4.13. The molecule has 2 aromatic rings. The van der Waals surface area contributed by atoms with E-state index < -0.39 is 0 Å². The number of halogens is 1. The predicted molar refractivity (Wildman–Crippen MR) is 87.6 cm³/mol. The maximum Gasteiger partial charge on any atom is 0.310 e. The van der Waals surface area contributed by atoms with Crippen LogP contribution < -0.4 is 5.46 Å². The quantitative estimate of drug-likeness (QED) is 0.473. The molecule has 0 saturated carbocycles. The first kappa shape index (κ1) is 14.3. The van der Waals surface area contributed by atoms with Crippen LogP contribution in [0.4, 0.5) is 0 Å². The molecule has 2 rings (SSSR count). The van der Waals surface area contributed by atoms with Crippen LogP contribution in [0.5, 0.6) is 0 Å². The number of carbonyl (C=O) groups excluding carboxylic acids is 1. The number of aryl methyl sites for hydroxylation is 1. The lowest BCUT2D eigenvalue weighted by Gasteiger charge is -2.11. The van der Waals surface area contributed by atoms with Crippen molar-refractivity contribution in [2.24, 2.45) is 0 Å². The second-order valence-electron chi connectivity index (χ2n) is 4.45. The molecular weight excluding hydrogens is 352 g/mol. The molecule has 0 radical (unpaired) electrons. The van der Waals surface area contributed by atoms with Crippen LogP contribution in [0.2, 0.25) is 6.82 Å². The Bertz CT molecular complexity index is 643. The highest BCUT2D eigenvalue weighted by Crippen LogP contribution is 2.25. The Morgan fingerprint density at radius 1 is 1.47 bits per heavy atom. The third-order valence-electron chi connectivity index (χ3n) is 3.25. The fourth-order valence-electron chi connectivity index (χ4n) is 2.07. The largest absolute Gasteiger partial charge is 0.469 e. The monoisotopic (exact) mass is 367 g/mol. The topological polar surface area (TPSA) is 39.2 Å². The molecule has 98 valence electrons. The standard InChI is InChI=1S/C14H15BINO2/c1-8-11(7-13(18)19-3)14(16)10-5-4-9(15-2)6-12(10)17-8/h4-6,15H,7H2,1-3H3. The molecule has 0 amide bonds. The van der Waals surface area contributed by atoms with Gasteiger partial charge in [-0.2, -0.15) is 0 Å². The van der Waals surface area contributed by atoms with Gasteiger partial charge in [0.05, 0.1) is 19.0 Å². The Morgan fingerprint density at radius 2 is 2.21 bits per heavy atom. The minimum Gasteiger partial charge on any atom is -0.469 e. The average molecular weight is 367 g/mol. The van der Waals surface area contributed by atoms with Crippen molar-refractivity contribution in [3.8, 4) is 0 Å². The molecule has 0 unspecified atom stereocenters. The lowest BCUT2D eigenvalue weighted by molar-refractivity contribution is -0.139. The summed E-state index contributed by atoms with van der Waals surface area (Å²) in [5.74, 6) is -0.229. The number of hydrogen-bond acceptors (Lipinski definition) is 3. The summed E-state index contributed by atoms with van der Waals surface area (Å²) < 4.78 is 5.83. The summed E-state index contributed by atoms with van der Waals surface area (Å²) in [7, 11) is 2.41. The van der Waals surface area contributed by atoms with Gasteiger partial charge in [-0.15, -0.1) is 0 Å². The first-order valence-corrected chi connectivity index (χ1v) is 7.29. The van der Waals surface area contributed by atoms with Crippen molar-refractivity contribution in [2.75, 3.05) is 7.11 Å². The van der Waals surface area contributed by atoms with Crippen LogP contribution >= 0.6 is 22.6 Å². The number of pyridine rings is 1. The van der Waals surface area contributed by atoms with Gasteiger partial charge in [0, 0.05) is 14.7 Å². The van der Waals surface area contributed by atoms with E-state index in [9.17, 15) is 4.79 Å². The SMILES string of the molecule is CBc1ccc2c(I)c(CC(=O)OC)c(C)nc2c1. The molecule has 0 fully saturated rings. The van der Waals surface area contributed by atoms with Gasteiger partial charge in [0.15, 0.2) is 7.28 Å². The van der Waals surface area contributed by atoms with Crippen LogP contribution in [0.15, 0.2) is 18.2 Å². The predicted octanol–water partition coefficient (Wildman–Crippen LogP) is 1.97. The van der Waals surface area contributed by atoms with Crippen LogP contribution in [-0.4, -0.2) is 25.3 Å². The van der Waals surface area contributed by atoms with Crippen molar-refractivity contribution in [3.05, 3.63) is 33.0 Å². The van der Waals surface area contributed by atoms with Crippen LogP contribution in [0.1, 0.15) is 11.3 Å². The smallest absolute Gasteiger partial charge is 0.310 e. The van der Waals surface area contributed by atoms with Gasteiger partial charge in [0.25, 0.3) is 0 Å². The van der Waals surface area contributed by atoms with E-state index in [0.717, 1.165) is 33.0 Å². The Kier molecular flexibility index (Phi) is 4.44. The highest BCUT2D eigenvalue weighted by Gasteiger charge is 2.14. The van der Waals surface area contributed by atoms with Gasteiger partial charge in [0.2, 0.25) is 0 Å². The van der Waals surface area contributed by atoms with Gasteiger partial charge < -0.3 is 4.74 Å². The molecule has 3 nitrogen and oxygen atoms in total. The molecule has 0 bridgehead atoms. The molecule has 0 saturated heterocycles. The maximum atomic E-state index is 11.5. The number of methoxy groups -OCH3 is 1. The number of fused-ring (bicyclic) bond motifs is 1. The van der Waals surface area contributed by atoms with Crippen LogP contribution in [0.3, 0.4) is 0 Å². The van der Waals surface area contributed by atoms with E-state index in [1.165, 1.54) is 12.6 Å². The zero-order chi connectivity index (χ0) is 14.0. The molecule has 0 N–H and O–H groups in total. The van der Waals surface area contributed by atoms with Gasteiger partial charge in [-0.05, 0) is 41.1 Å². The van der Waals surface area contributed by atoms with Gasteiger partial charge >= 0.3 is 5.97 Å².